The second kappa shape index (κ2) is 11.3. The van der Waals surface area contributed by atoms with Crippen molar-refractivity contribution in [2.45, 2.75) is 46.0 Å². The van der Waals surface area contributed by atoms with Gasteiger partial charge in [0.25, 0.3) is 0 Å². The number of carboxylic acids is 3. The number of rotatable bonds is 8. The summed E-state index contributed by atoms with van der Waals surface area (Å²) in [7, 11) is 0. The Morgan fingerprint density at radius 3 is 1.68 bits per heavy atom. The van der Waals surface area contributed by atoms with E-state index in [4.69, 9.17) is 15.3 Å². The molecule has 0 spiro atoms. The van der Waals surface area contributed by atoms with E-state index in [9.17, 15) is 14.4 Å². The molecule has 0 unspecified atom stereocenters. The summed E-state index contributed by atoms with van der Waals surface area (Å²) in [5.41, 5.74) is 0.176. The van der Waals surface area contributed by atoms with Crippen LogP contribution in [0.15, 0.2) is 12.2 Å². The molecular formula is C13H22O6. The molecule has 0 bridgehead atoms. The molecule has 0 rings (SSSR count). The van der Waals surface area contributed by atoms with E-state index in [1.54, 1.807) is 0 Å². The van der Waals surface area contributed by atoms with Gasteiger partial charge in [-0.25, -0.2) is 4.79 Å². The van der Waals surface area contributed by atoms with Gasteiger partial charge in [-0.05, 0) is 13.3 Å². The smallest absolute Gasteiger partial charge is 0.330 e. The number of hydrogen-bond acceptors (Lipinski definition) is 3. The lowest BCUT2D eigenvalue weighted by molar-refractivity contribution is -0.154. The Morgan fingerprint density at radius 2 is 1.42 bits per heavy atom. The van der Waals surface area contributed by atoms with Crippen molar-refractivity contribution >= 4 is 17.9 Å². The lowest BCUT2D eigenvalue weighted by atomic mass is 10.0. The van der Waals surface area contributed by atoms with E-state index in [1.807, 2.05) is 6.92 Å². The minimum atomic E-state index is -1.23. The van der Waals surface area contributed by atoms with Crippen molar-refractivity contribution in [3.63, 3.8) is 0 Å². The van der Waals surface area contributed by atoms with Crippen molar-refractivity contribution in [3.8, 4) is 0 Å². The van der Waals surface area contributed by atoms with E-state index >= 15 is 0 Å². The summed E-state index contributed by atoms with van der Waals surface area (Å²) in [6.45, 7) is 6.65. The highest BCUT2D eigenvalue weighted by Gasteiger charge is 2.24. The van der Waals surface area contributed by atoms with Crippen LogP contribution in [0.5, 0.6) is 0 Å². The summed E-state index contributed by atoms with van der Waals surface area (Å²) in [6, 6.07) is 0. The summed E-state index contributed by atoms with van der Waals surface area (Å²) < 4.78 is 0. The lowest BCUT2D eigenvalue weighted by Crippen LogP contribution is -2.23. The van der Waals surface area contributed by atoms with E-state index in [2.05, 4.69) is 6.58 Å². The van der Waals surface area contributed by atoms with Gasteiger partial charge >= 0.3 is 17.9 Å². The second-order valence-corrected chi connectivity index (χ2v) is 4.16. The van der Waals surface area contributed by atoms with Gasteiger partial charge in [-0.15, -0.1) is 0 Å². The molecule has 3 N–H and O–H groups in total. The van der Waals surface area contributed by atoms with Crippen molar-refractivity contribution < 1.29 is 29.7 Å². The maximum atomic E-state index is 10.4. The Bertz CT molecular complexity index is 295. The van der Waals surface area contributed by atoms with E-state index in [-0.39, 0.29) is 12.0 Å². The summed E-state index contributed by atoms with van der Waals surface area (Å²) in [6.07, 6.45) is 3.92. The van der Waals surface area contributed by atoms with Crippen LogP contribution in [0.4, 0.5) is 0 Å². The summed E-state index contributed by atoms with van der Waals surface area (Å²) >= 11 is 0. The van der Waals surface area contributed by atoms with Crippen LogP contribution in [0.25, 0.3) is 0 Å². The van der Waals surface area contributed by atoms with Crippen LogP contribution >= 0.6 is 0 Å². The molecule has 0 saturated heterocycles. The van der Waals surface area contributed by atoms with Crippen LogP contribution in [0.2, 0.25) is 0 Å². The molecule has 19 heavy (non-hydrogen) atoms. The Balaban J connectivity index is 0. The fourth-order valence-electron chi connectivity index (χ4n) is 1.13. The van der Waals surface area contributed by atoms with Crippen molar-refractivity contribution in [1.82, 2.24) is 0 Å². The molecule has 0 amide bonds. The zero-order chi connectivity index (χ0) is 15.4. The fraction of sp³-hybridized carbons (Fsp3) is 0.615. The third-order valence-corrected chi connectivity index (χ3v) is 2.31. The first kappa shape index (κ1) is 19.5. The predicted molar refractivity (Wildman–Crippen MR) is 70.0 cm³/mol. The van der Waals surface area contributed by atoms with Crippen LogP contribution in [0.1, 0.15) is 46.0 Å². The molecule has 0 fully saturated rings. The molecule has 0 aliphatic heterocycles. The number of unbranched alkanes of at least 4 members (excludes halogenated alkanes) is 3. The van der Waals surface area contributed by atoms with Gasteiger partial charge in [0.1, 0.15) is 0 Å². The maximum absolute atomic E-state index is 10.4. The highest BCUT2D eigenvalue weighted by Crippen LogP contribution is 2.11. The van der Waals surface area contributed by atoms with Gasteiger partial charge in [-0.3, -0.25) is 9.59 Å². The van der Waals surface area contributed by atoms with Crippen LogP contribution in [-0.2, 0) is 14.4 Å². The molecule has 0 aliphatic rings. The summed E-state index contributed by atoms with van der Waals surface area (Å²) in [4.78, 5) is 30.4. The molecule has 110 valence electrons. The SMILES string of the molecule is C=C(C)C(=O)O.CCCCCCC(C(=O)O)C(=O)O. The molecule has 0 aromatic rings. The molecular weight excluding hydrogens is 252 g/mol. The van der Waals surface area contributed by atoms with Crippen molar-refractivity contribution in [2.75, 3.05) is 0 Å². The topological polar surface area (TPSA) is 112 Å². The van der Waals surface area contributed by atoms with Gasteiger partial charge in [0, 0.05) is 5.57 Å². The van der Waals surface area contributed by atoms with Gasteiger partial charge in [0.15, 0.2) is 5.92 Å². The first-order valence-electron chi connectivity index (χ1n) is 6.08. The molecule has 6 nitrogen and oxygen atoms in total. The van der Waals surface area contributed by atoms with E-state index in [1.165, 1.54) is 6.92 Å². The highest BCUT2D eigenvalue weighted by atomic mass is 16.4. The minimum absolute atomic E-state index is 0.176. The lowest BCUT2D eigenvalue weighted by Gasteiger charge is -2.05. The normalized spacial score (nSPS) is 9.42. The van der Waals surface area contributed by atoms with E-state index in [0.29, 0.717) is 6.42 Å². The predicted octanol–water partition coefficient (Wildman–Crippen LogP) is 2.39. The molecule has 0 heterocycles. The maximum Gasteiger partial charge on any atom is 0.330 e. The van der Waals surface area contributed by atoms with Gasteiger partial charge in [0.2, 0.25) is 0 Å². The number of hydrogen-bond donors (Lipinski definition) is 3. The molecule has 0 aromatic carbocycles. The number of aliphatic carboxylic acids is 3. The zero-order valence-electron chi connectivity index (χ0n) is 11.4. The molecule has 0 aromatic heterocycles. The fourth-order valence-corrected chi connectivity index (χ4v) is 1.13. The first-order chi connectivity index (χ1) is 8.73. The average molecular weight is 274 g/mol. The third kappa shape index (κ3) is 12.4. The second-order valence-electron chi connectivity index (χ2n) is 4.16. The molecule has 0 aliphatic carbocycles. The third-order valence-electron chi connectivity index (χ3n) is 2.31. The standard InChI is InChI=1S/C9H16O4.C4H6O2/c1-2-3-4-5-6-7(8(10)11)9(12)13;1-3(2)4(5)6/h7H,2-6H2,1H3,(H,10,11)(H,12,13);1H2,2H3,(H,5,6). The van der Waals surface area contributed by atoms with Crippen LogP contribution in [0.3, 0.4) is 0 Å². The van der Waals surface area contributed by atoms with Crippen LogP contribution in [0, 0.1) is 5.92 Å². The van der Waals surface area contributed by atoms with Gasteiger partial charge in [-0.2, -0.15) is 0 Å². The largest absolute Gasteiger partial charge is 0.481 e. The van der Waals surface area contributed by atoms with Crippen LogP contribution in [-0.4, -0.2) is 33.2 Å². The van der Waals surface area contributed by atoms with E-state index < -0.39 is 23.8 Å². The van der Waals surface area contributed by atoms with Gasteiger partial charge in [0.05, 0.1) is 0 Å². The van der Waals surface area contributed by atoms with Crippen molar-refractivity contribution in [3.05, 3.63) is 12.2 Å². The Morgan fingerprint density at radius 1 is 1.00 bits per heavy atom. The Labute approximate surface area is 112 Å². The van der Waals surface area contributed by atoms with Crippen molar-refractivity contribution in [1.29, 1.82) is 0 Å². The minimum Gasteiger partial charge on any atom is -0.481 e. The monoisotopic (exact) mass is 274 g/mol. The quantitative estimate of drug-likeness (QED) is 0.356. The molecule has 6 heteroatoms. The highest BCUT2D eigenvalue weighted by molar-refractivity contribution is 5.92. The molecule has 0 radical (unpaired) electrons. The summed E-state index contributed by atoms with van der Waals surface area (Å²) in [5, 5.41) is 24.9. The van der Waals surface area contributed by atoms with Crippen molar-refractivity contribution in [2.24, 2.45) is 5.92 Å². The Hall–Kier alpha value is -1.85. The first-order valence-corrected chi connectivity index (χ1v) is 6.08. The average Bonchev–Trinajstić information content (AvgIpc) is 2.28. The summed E-state index contributed by atoms with van der Waals surface area (Å²) in [5.74, 6) is -4.63. The van der Waals surface area contributed by atoms with Crippen LogP contribution < -0.4 is 0 Å². The molecule has 0 saturated carbocycles. The van der Waals surface area contributed by atoms with Gasteiger partial charge < -0.3 is 15.3 Å². The van der Waals surface area contributed by atoms with E-state index in [0.717, 1.165) is 19.3 Å². The van der Waals surface area contributed by atoms with Gasteiger partial charge in [-0.1, -0.05) is 39.2 Å². The number of carboxylic acid groups (broad SMARTS) is 3. The molecule has 0 atom stereocenters. The Kier molecular flexibility index (Phi) is 11.5. The zero-order valence-corrected chi connectivity index (χ0v) is 11.4. The number of carbonyl (C=O) groups is 3.